The number of rotatable bonds is 9. The summed E-state index contributed by atoms with van der Waals surface area (Å²) in [6.45, 7) is 10.3. The van der Waals surface area contributed by atoms with E-state index in [-0.39, 0.29) is 4.75 Å². The van der Waals surface area contributed by atoms with Crippen molar-refractivity contribution in [2.75, 3.05) is 51.7 Å². The lowest BCUT2D eigenvalue weighted by atomic mass is 9.99. The zero-order valence-electron chi connectivity index (χ0n) is 17.2. The van der Waals surface area contributed by atoms with E-state index in [0.29, 0.717) is 5.91 Å². The highest BCUT2D eigenvalue weighted by atomic mass is 32.2. The highest BCUT2D eigenvalue weighted by molar-refractivity contribution is 8.00. The number of nitrogens with zero attached hydrogens (tertiary/aromatic N) is 2. The molecule has 2 rings (SSSR count). The molecule has 1 amide bonds. The molecule has 0 bridgehead atoms. The van der Waals surface area contributed by atoms with Crippen molar-refractivity contribution in [1.29, 1.82) is 0 Å². The van der Waals surface area contributed by atoms with Gasteiger partial charge in [-0.05, 0) is 44.8 Å². The Hall–Kier alpha value is -0.950. The summed E-state index contributed by atoms with van der Waals surface area (Å²) in [6, 6.07) is 0. The quantitative estimate of drug-likeness (QED) is 0.355. The first-order chi connectivity index (χ1) is 13.2. The molecule has 0 saturated carbocycles. The van der Waals surface area contributed by atoms with Crippen molar-refractivity contribution in [2.24, 2.45) is 4.99 Å². The van der Waals surface area contributed by atoms with Crippen LogP contribution in [0.15, 0.2) is 4.99 Å². The van der Waals surface area contributed by atoms with E-state index in [2.05, 4.69) is 24.5 Å². The van der Waals surface area contributed by atoms with Crippen molar-refractivity contribution in [3.8, 4) is 0 Å². The molecule has 0 aromatic rings. The molecule has 0 spiro atoms. The maximum Gasteiger partial charge on any atom is 0.222 e. The Morgan fingerprint density at radius 2 is 2.04 bits per heavy atom. The summed E-state index contributed by atoms with van der Waals surface area (Å²) in [5.74, 6) is 2.33. The van der Waals surface area contributed by atoms with Gasteiger partial charge < -0.3 is 20.3 Å². The summed E-state index contributed by atoms with van der Waals surface area (Å²) in [5, 5.41) is 6.81. The van der Waals surface area contributed by atoms with Crippen LogP contribution in [0.25, 0.3) is 0 Å². The molecule has 156 valence electrons. The topological polar surface area (TPSA) is 66.0 Å². The van der Waals surface area contributed by atoms with Gasteiger partial charge in [0.25, 0.3) is 0 Å². The Bertz CT molecular complexity index is 461. The number of hydrogen-bond acceptors (Lipinski definition) is 4. The van der Waals surface area contributed by atoms with Crippen LogP contribution in [-0.4, -0.2) is 73.2 Å². The van der Waals surface area contributed by atoms with E-state index in [1.54, 1.807) is 0 Å². The van der Waals surface area contributed by atoms with Crippen LogP contribution in [0.4, 0.5) is 0 Å². The predicted octanol–water partition coefficient (Wildman–Crippen LogP) is 2.64. The summed E-state index contributed by atoms with van der Waals surface area (Å²) in [5.41, 5.74) is 0. The van der Waals surface area contributed by atoms with E-state index in [1.165, 1.54) is 6.42 Å². The van der Waals surface area contributed by atoms with Crippen LogP contribution in [0.5, 0.6) is 0 Å². The lowest BCUT2D eigenvalue weighted by Gasteiger charge is -2.35. The number of amides is 1. The maximum absolute atomic E-state index is 12.1. The summed E-state index contributed by atoms with van der Waals surface area (Å²) in [6.07, 6.45) is 7.20. The summed E-state index contributed by atoms with van der Waals surface area (Å²) in [4.78, 5) is 19.0. The number of guanidine groups is 1. The fraction of sp³-hybridized carbons (Fsp3) is 0.900. The standard InChI is InChI=1S/C20H38N4O2S/c1-3-21-19(23-17-20(27-4-2)10-15-26-16-11-20)22-12-8-14-24-13-7-5-6-9-18(24)25/h3-17H2,1-2H3,(H2,21,22,23). The van der Waals surface area contributed by atoms with Crippen molar-refractivity contribution in [3.63, 3.8) is 0 Å². The van der Waals surface area contributed by atoms with Crippen molar-refractivity contribution in [1.82, 2.24) is 15.5 Å². The monoisotopic (exact) mass is 398 g/mol. The number of carbonyl (C=O) groups is 1. The second-order valence-electron chi connectivity index (χ2n) is 7.40. The van der Waals surface area contributed by atoms with Gasteiger partial charge in [-0.2, -0.15) is 11.8 Å². The van der Waals surface area contributed by atoms with E-state index in [4.69, 9.17) is 9.73 Å². The molecular weight excluding hydrogens is 360 g/mol. The van der Waals surface area contributed by atoms with E-state index in [0.717, 1.165) is 96.2 Å². The molecule has 2 N–H and O–H groups in total. The lowest BCUT2D eigenvalue weighted by molar-refractivity contribution is -0.130. The van der Waals surface area contributed by atoms with Crippen molar-refractivity contribution in [3.05, 3.63) is 0 Å². The second kappa shape index (κ2) is 12.5. The minimum absolute atomic E-state index is 0.216. The van der Waals surface area contributed by atoms with Crippen LogP contribution in [-0.2, 0) is 9.53 Å². The third kappa shape index (κ3) is 7.90. The van der Waals surface area contributed by atoms with Crippen LogP contribution in [0.1, 0.15) is 58.8 Å². The van der Waals surface area contributed by atoms with E-state index < -0.39 is 0 Å². The van der Waals surface area contributed by atoms with Gasteiger partial charge in [0, 0.05) is 50.6 Å². The smallest absolute Gasteiger partial charge is 0.222 e. The van der Waals surface area contributed by atoms with Gasteiger partial charge >= 0.3 is 0 Å². The highest BCUT2D eigenvalue weighted by Gasteiger charge is 2.32. The van der Waals surface area contributed by atoms with Gasteiger partial charge in [-0.25, -0.2) is 0 Å². The summed E-state index contributed by atoms with van der Waals surface area (Å²) >= 11 is 2.02. The maximum atomic E-state index is 12.1. The van der Waals surface area contributed by atoms with Gasteiger partial charge in [0.15, 0.2) is 5.96 Å². The van der Waals surface area contributed by atoms with Crippen LogP contribution in [0.2, 0.25) is 0 Å². The molecule has 2 saturated heterocycles. The molecule has 2 fully saturated rings. The van der Waals surface area contributed by atoms with Gasteiger partial charge in [-0.1, -0.05) is 13.3 Å². The molecule has 0 aromatic heterocycles. The molecule has 7 heteroatoms. The molecule has 0 aromatic carbocycles. The van der Waals surface area contributed by atoms with Crippen molar-refractivity contribution < 1.29 is 9.53 Å². The van der Waals surface area contributed by atoms with Crippen molar-refractivity contribution >= 4 is 23.6 Å². The number of aliphatic imine (C=N–C) groups is 1. The average molecular weight is 399 g/mol. The summed E-state index contributed by atoms with van der Waals surface area (Å²) < 4.78 is 5.77. The average Bonchev–Trinajstić information content (AvgIpc) is 2.88. The first kappa shape index (κ1) is 22.3. The number of carbonyl (C=O) groups excluding carboxylic acids is 1. The van der Waals surface area contributed by atoms with Gasteiger partial charge in [-0.3, -0.25) is 9.79 Å². The number of hydrogen-bond donors (Lipinski definition) is 2. The zero-order chi connectivity index (χ0) is 19.4. The molecule has 2 aliphatic rings. The summed E-state index contributed by atoms with van der Waals surface area (Å²) in [7, 11) is 0. The Labute approximate surface area is 169 Å². The highest BCUT2D eigenvalue weighted by Crippen LogP contribution is 2.35. The SMILES string of the molecule is CCNC(=NCC1(SCC)CCOCC1)NCCCN1CCCCCC1=O. The van der Waals surface area contributed by atoms with E-state index in [9.17, 15) is 4.79 Å². The normalized spacial score (nSPS) is 21.0. The fourth-order valence-electron chi connectivity index (χ4n) is 3.71. The van der Waals surface area contributed by atoms with Gasteiger partial charge in [-0.15, -0.1) is 0 Å². The molecule has 0 aliphatic carbocycles. The zero-order valence-corrected chi connectivity index (χ0v) is 18.0. The van der Waals surface area contributed by atoms with Crippen LogP contribution in [0.3, 0.4) is 0 Å². The van der Waals surface area contributed by atoms with Crippen LogP contribution in [0, 0.1) is 0 Å². The molecule has 27 heavy (non-hydrogen) atoms. The minimum atomic E-state index is 0.216. The first-order valence-electron chi connectivity index (χ1n) is 10.7. The molecule has 2 heterocycles. The third-order valence-corrected chi connectivity index (χ3v) is 6.73. The molecule has 0 unspecified atom stereocenters. The molecule has 6 nitrogen and oxygen atoms in total. The molecular formula is C20H38N4O2S. The van der Waals surface area contributed by atoms with Gasteiger partial charge in [0.05, 0.1) is 6.54 Å². The molecule has 0 atom stereocenters. The Morgan fingerprint density at radius 1 is 1.22 bits per heavy atom. The largest absolute Gasteiger partial charge is 0.381 e. The Morgan fingerprint density at radius 3 is 2.78 bits per heavy atom. The Kier molecular flexibility index (Phi) is 10.3. The number of thioether (sulfide) groups is 1. The van der Waals surface area contributed by atoms with Crippen LogP contribution >= 0.6 is 11.8 Å². The number of nitrogens with one attached hydrogen (secondary N) is 2. The fourth-order valence-corrected chi connectivity index (χ4v) is 4.94. The van der Waals surface area contributed by atoms with E-state index >= 15 is 0 Å². The number of likely N-dealkylation sites (tertiary alicyclic amines) is 1. The lowest BCUT2D eigenvalue weighted by Crippen LogP contribution is -2.42. The molecule has 0 radical (unpaired) electrons. The third-order valence-electron chi connectivity index (χ3n) is 5.29. The van der Waals surface area contributed by atoms with Crippen LogP contribution < -0.4 is 10.6 Å². The second-order valence-corrected chi connectivity index (χ2v) is 9.13. The first-order valence-corrected chi connectivity index (χ1v) is 11.7. The van der Waals surface area contributed by atoms with E-state index in [1.807, 2.05) is 16.7 Å². The van der Waals surface area contributed by atoms with Gasteiger partial charge in [0.1, 0.15) is 0 Å². The Balaban J connectivity index is 1.79. The molecule has 2 aliphatic heterocycles. The minimum Gasteiger partial charge on any atom is -0.381 e. The van der Waals surface area contributed by atoms with Crippen molar-refractivity contribution in [2.45, 2.75) is 63.5 Å². The number of ether oxygens (including phenoxy) is 1. The predicted molar refractivity (Wildman–Crippen MR) is 115 cm³/mol. The van der Waals surface area contributed by atoms with Gasteiger partial charge in [0.2, 0.25) is 5.91 Å².